The Morgan fingerprint density at radius 3 is 2.46 bits per heavy atom. The molecule has 0 bridgehead atoms. The topological polar surface area (TPSA) is 71.1 Å². The van der Waals surface area contributed by atoms with E-state index < -0.39 is 0 Å². The predicted molar refractivity (Wildman–Crippen MR) is 99.3 cm³/mol. The largest absolute Gasteiger partial charge is 0.347 e. The number of thiazole rings is 1. The number of anilines is 1. The quantitative estimate of drug-likeness (QED) is 0.701. The molecule has 3 rings (SSSR count). The fourth-order valence-corrected chi connectivity index (χ4v) is 3.01. The van der Waals surface area contributed by atoms with Crippen LogP contribution in [0.2, 0.25) is 0 Å². The first kappa shape index (κ1) is 17.8. The van der Waals surface area contributed by atoms with Crippen molar-refractivity contribution in [3.8, 4) is 11.3 Å². The van der Waals surface area contributed by atoms with Crippen molar-refractivity contribution >= 4 is 28.3 Å². The first-order valence-electron chi connectivity index (χ1n) is 7.92. The number of carbonyl (C=O) groups is 2. The summed E-state index contributed by atoms with van der Waals surface area (Å²) in [5, 5.41) is 7.42. The predicted octanol–water partition coefficient (Wildman–Crippen LogP) is 3.25. The van der Waals surface area contributed by atoms with Crippen LogP contribution < -0.4 is 10.6 Å². The maximum Gasteiger partial charge on any atom is 0.245 e. The fourth-order valence-electron chi connectivity index (χ4n) is 2.27. The minimum absolute atomic E-state index is 0.128. The zero-order valence-electron chi connectivity index (χ0n) is 13.7. The normalized spacial score (nSPS) is 10.3. The molecule has 0 saturated carbocycles. The molecular formula is C19H16FN3O2S. The third-order valence-corrected chi connectivity index (χ3v) is 4.30. The minimum atomic E-state index is -0.355. The number of hydrogen-bond acceptors (Lipinski definition) is 4. The Bertz CT molecular complexity index is 895. The Morgan fingerprint density at radius 1 is 1.00 bits per heavy atom. The lowest BCUT2D eigenvalue weighted by Gasteiger charge is -2.05. The molecule has 2 N–H and O–H groups in total. The summed E-state index contributed by atoms with van der Waals surface area (Å²) in [7, 11) is 0. The molecule has 0 unspecified atom stereocenters. The standard InChI is InChI=1S/C19H16FN3O2S/c20-15-8-6-14(7-9-15)16-12-26-19(22-16)23-18(25)11-21-17(24)10-13-4-2-1-3-5-13/h1-9,12H,10-11H2,(H,21,24)(H,22,23,25). The van der Waals surface area contributed by atoms with Gasteiger partial charge < -0.3 is 10.6 Å². The highest BCUT2D eigenvalue weighted by Gasteiger charge is 2.10. The molecule has 0 aliphatic rings. The van der Waals surface area contributed by atoms with E-state index in [4.69, 9.17) is 0 Å². The van der Waals surface area contributed by atoms with E-state index in [0.29, 0.717) is 10.8 Å². The summed E-state index contributed by atoms with van der Waals surface area (Å²) >= 11 is 1.26. The molecule has 1 heterocycles. The van der Waals surface area contributed by atoms with Crippen molar-refractivity contribution in [2.75, 3.05) is 11.9 Å². The average Bonchev–Trinajstić information content (AvgIpc) is 3.10. The fraction of sp³-hybridized carbons (Fsp3) is 0.105. The van der Waals surface area contributed by atoms with Gasteiger partial charge in [-0.2, -0.15) is 0 Å². The van der Waals surface area contributed by atoms with Gasteiger partial charge in [-0.15, -0.1) is 11.3 Å². The van der Waals surface area contributed by atoms with Gasteiger partial charge in [0.1, 0.15) is 5.82 Å². The third kappa shape index (κ3) is 4.97. The Labute approximate surface area is 153 Å². The van der Waals surface area contributed by atoms with Crippen LogP contribution in [0.3, 0.4) is 0 Å². The van der Waals surface area contributed by atoms with Gasteiger partial charge in [-0.05, 0) is 29.8 Å². The van der Waals surface area contributed by atoms with Gasteiger partial charge in [0.25, 0.3) is 0 Å². The van der Waals surface area contributed by atoms with E-state index in [1.165, 1.54) is 23.5 Å². The van der Waals surface area contributed by atoms with Gasteiger partial charge in [-0.1, -0.05) is 30.3 Å². The van der Waals surface area contributed by atoms with Crippen molar-refractivity contribution in [1.29, 1.82) is 0 Å². The summed E-state index contributed by atoms with van der Waals surface area (Å²) in [6, 6.07) is 15.3. The van der Waals surface area contributed by atoms with Crippen molar-refractivity contribution in [2.45, 2.75) is 6.42 Å². The molecule has 0 aliphatic carbocycles. The van der Waals surface area contributed by atoms with Crippen molar-refractivity contribution < 1.29 is 14.0 Å². The number of halogens is 1. The number of nitrogens with zero attached hydrogens (tertiary/aromatic N) is 1. The Hall–Kier alpha value is -3.06. The average molecular weight is 369 g/mol. The monoisotopic (exact) mass is 369 g/mol. The second-order valence-corrected chi connectivity index (χ2v) is 6.39. The number of aromatic nitrogens is 1. The second kappa shape index (κ2) is 8.35. The molecular weight excluding hydrogens is 353 g/mol. The van der Waals surface area contributed by atoms with Gasteiger partial charge in [0.2, 0.25) is 11.8 Å². The van der Waals surface area contributed by atoms with Crippen molar-refractivity contribution in [2.24, 2.45) is 0 Å². The van der Waals surface area contributed by atoms with Crippen LogP contribution in [0.5, 0.6) is 0 Å². The van der Waals surface area contributed by atoms with E-state index in [-0.39, 0.29) is 30.6 Å². The summed E-state index contributed by atoms with van der Waals surface area (Å²) < 4.78 is 13.0. The molecule has 5 nitrogen and oxygen atoms in total. The van der Waals surface area contributed by atoms with Gasteiger partial charge in [-0.3, -0.25) is 9.59 Å². The van der Waals surface area contributed by atoms with Crippen LogP contribution in [0.1, 0.15) is 5.56 Å². The zero-order chi connectivity index (χ0) is 18.4. The molecule has 2 amide bonds. The highest BCUT2D eigenvalue weighted by molar-refractivity contribution is 7.14. The van der Waals surface area contributed by atoms with Gasteiger partial charge in [0, 0.05) is 10.9 Å². The van der Waals surface area contributed by atoms with Crippen LogP contribution in [-0.2, 0) is 16.0 Å². The summed E-state index contributed by atoms with van der Waals surface area (Å²) in [4.78, 5) is 28.1. The Balaban J connectivity index is 1.49. The third-order valence-electron chi connectivity index (χ3n) is 3.54. The molecule has 3 aromatic rings. The van der Waals surface area contributed by atoms with E-state index in [1.54, 1.807) is 17.5 Å². The van der Waals surface area contributed by atoms with E-state index in [9.17, 15) is 14.0 Å². The number of carbonyl (C=O) groups excluding carboxylic acids is 2. The van der Waals surface area contributed by atoms with Crippen LogP contribution >= 0.6 is 11.3 Å². The minimum Gasteiger partial charge on any atom is -0.347 e. The molecule has 1 aromatic heterocycles. The molecule has 0 aliphatic heterocycles. The lowest BCUT2D eigenvalue weighted by atomic mass is 10.1. The van der Waals surface area contributed by atoms with Crippen LogP contribution in [0.4, 0.5) is 9.52 Å². The Morgan fingerprint density at radius 2 is 1.73 bits per heavy atom. The first-order chi connectivity index (χ1) is 12.6. The zero-order valence-corrected chi connectivity index (χ0v) is 14.6. The van der Waals surface area contributed by atoms with Crippen LogP contribution in [-0.4, -0.2) is 23.3 Å². The molecule has 0 atom stereocenters. The highest BCUT2D eigenvalue weighted by atomic mass is 32.1. The maximum atomic E-state index is 13.0. The second-order valence-electron chi connectivity index (χ2n) is 5.53. The van der Waals surface area contributed by atoms with Crippen LogP contribution in [0.15, 0.2) is 60.0 Å². The maximum absolute atomic E-state index is 13.0. The molecule has 2 aromatic carbocycles. The number of hydrogen-bond donors (Lipinski definition) is 2. The molecule has 26 heavy (non-hydrogen) atoms. The van der Waals surface area contributed by atoms with Crippen LogP contribution in [0.25, 0.3) is 11.3 Å². The van der Waals surface area contributed by atoms with E-state index >= 15 is 0 Å². The summed E-state index contributed by atoms with van der Waals surface area (Å²) in [5.74, 6) is -0.896. The number of nitrogens with one attached hydrogen (secondary N) is 2. The molecule has 0 spiro atoms. The summed E-state index contributed by atoms with van der Waals surface area (Å²) in [6.45, 7) is -0.128. The van der Waals surface area contributed by atoms with Crippen LogP contribution in [0, 0.1) is 5.82 Å². The van der Waals surface area contributed by atoms with Crippen molar-refractivity contribution in [3.05, 3.63) is 71.4 Å². The lowest BCUT2D eigenvalue weighted by molar-refractivity contribution is -0.123. The van der Waals surface area contributed by atoms with E-state index in [1.807, 2.05) is 30.3 Å². The number of benzene rings is 2. The molecule has 0 saturated heterocycles. The molecule has 7 heteroatoms. The summed E-state index contributed by atoms with van der Waals surface area (Å²) in [5.41, 5.74) is 2.30. The number of amides is 2. The van der Waals surface area contributed by atoms with Crippen molar-refractivity contribution in [1.82, 2.24) is 10.3 Å². The summed E-state index contributed by atoms with van der Waals surface area (Å²) in [6.07, 6.45) is 0.222. The highest BCUT2D eigenvalue weighted by Crippen LogP contribution is 2.24. The molecule has 132 valence electrons. The van der Waals surface area contributed by atoms with E-state index in [2.05, 4.69) is 15.6 Å². The van der Waals surface area contributed by atoms with Gasteiger partial charge in [0.15, 0.2) is 5.13 Å². The van der Waals surface area contributed by atoms with Gasteiger partial charge in [-0.25, -0.2) is 9.37 Å². The van der Waals surface area contributed by atoms with Gasteiger partial charge in [0.05, 0.1) is 18.7 Å². The SMILES string of the molecule is O=C(Cc1ccccc1)NCC(=O)Nc1nc(-c2ccc(F)cc2)cs1. The Kier molecular flexibility index (Phi) is 5.70. The van der Waals surface area contributed by atoms with E-state index in [0.717, 1.165) is 11.1 Å². The number of rotatable bonds is 6. The van der Waals surface area contributed by atoms with Gasteiger partial charge >= 0.3 is 0 Å². The molecule has 0 fully saturated rings. The first-order valence-corrected chi connectivity index (χ1v) is 8.80. The smallest absolute Gasteiger partial charge is 0.245 e. The lowest BCUT2D eigenvalue weighted by Crippen LogP contribution is -2.33. The van der Waals surface area contributed by atoms with Crippen molar-refractivity contribution in [3.63, 3.8) is 0 Å². The molecule has 0 radical (unpaired) electrons.